The monoisotopic (exact) mass is 468 g/mol. The van der Waals surface area contributed by atoms with Crippen LogP contribution in [0.2, 0.25) is 0 Å². The molecule has 2 aromatic heterocycles. The molecular formula is C26H20N4O3S. The van der Waals surface area contributed by atoms with E-state index in [4.69, 9.17) is 4.52 Å². The first-order valence-electron chi connectivity index (χ1n) is 10.9. The van der Waals surface area contributed by atoms with E-state index in [1.165, 1.54) is 9.87 Å². The maximum atomic E-state index is 13.4. The lowest BCUT2D eigenvalue weighted by molar-refractivity contribution is 0.391. The Morgan fingerprint density at radius 3 is 2.62 bits per heavy atom. The molecule has 8 heteroatoms. The van der Waals surface area contributed by atoms with Crippen molar-refractivity contribution < 1.29 is 12.9 Å². The van der Waals surface area contributed by atoms with Crippen molar-refractivity contribution in [3.8, 4) is 23.0 Å². The lowest BCUT2D eigenvalue weighted by Crippen LogP contribution is -2.35. The summed E-state index contributed by atoms with van der Waals surface area (Å²) in [4.78, 5) is 9.15. The second-order valence-electron chi connectivity index (χ2n) is 8.19. The number of hydrogen-bond acceptors (Lipinski definition) is 6. The number of aromatic nitrogens is 3. The Labute approximate surface area is 196 Å². The SMILES string of the molecule is O=S(=O)(c1cccc(-c2nc(-c3nccc4ccccc34)no2)c1)N1CCc2ccccc2C1. The Kier molecular flexibility index (Phi) is 4.97. The minimum atomic E-state index is -3.68. The molecule has 0 fully saturated rings. The molecule has 3 aromatic carbocycles. The molecule has 6 rings (SSSR count). The van der Waals surface area contributed by atoms with Crippen LogP contribution in [0.3, 0.4) is 0 Å². The van der Waals surface area contributed by atoms with Crippen molar-refractivity contribution in [1.82, 2.24) is 19.4 Å². The minimum Gasteiger partial charge on any atom is -0.334 e. The van der Waals surface area contributed by atoms with Gasteiger partial charge in [0.15, 0.2) is 0 Å². The second kappa shape index (κ2) is 8.16. The van der Waals surface area contributed by atoms with E-state index in [0.717, 1.165) is 16.3 Å². The molecule has 0 aliphatic carbocycles. The Morgan fingerprint density at radius 1 is 0.882 bits per heavy atom. The molecule has 0 saturated heterocycles. The van der Waals surface area contributed by atoms with E-state index in [2.05, 4.69) is 21.2 Å². The molecule has 0 radical (unpaired) electrons. The molecule has 0 atom stereocenters. The summed E-state index contributed by atoms with van der Waals surface area (Å²) in [7, 11) is -3.68. The van der Waals surface area contributed by atoms with Crippen LogP contribution in [0.4, 0.5) is 0 Å². The number of nitrogens with zero attached hydrogens (tertiary/aromatic N) is 4. The first-order valence-corrected chi connectivity index (χ1v) is 12.4. The molecule has 1 aliphatic heterocycles. The van der Waals surface area contributed by atoms with Gasteiger partial charge in [-0.3, -0.25) is 4.98 Å². The number of pyridine rings is 1. The van der Waals surface area contributed by atoms with Crippen LogP contribution in [0.1, 0.15) is 11.1 Å². The summed E-state index contributed by atoms with van der Waals surface area (Å²) in [6.45, 7) is 0.807. The minimum absolute atomic E-state index is 0.201. The lowest BCUT2D eigenvalue weighted by atomic mass is 10.0. The van der Waals surface area contributed by atoms with E-state index >= 15 is 0 Å². The molecule has 0 unspecified atom stereocenters. The van der Waals surface area contributed by atoms with Gasteiger partial charge in [0.2, 0.25) is 15.8 Å². The van der Waals surface area contributed by atoms with E-state index in [-0.39, 0.29) is 10.8 Å². The summed E-state index contributed by atoms with van der Waals surface area (Å²) in [5.41, 5.74) is 3.39. The fraction of sp³-hybridized carbons (Fsp3) is 0.115. The summed E-state index contributed by atoms with van der Waals surface area (Å²) >= 11 is 0. The molecule has 3 heterocycles. The topological polar surface area (TPSA) is 89.2 Å². The number of rotatable bonds is 4. The zero-order valence-corrected chi connectivity index (χ0v) is 18.9. The van der Waals surface area contributed by atoms with E-state index < -0.39 is 10.0 Å². The predicted octanol–water partition coefficient (Wildman–Crippen LogP) is 4.70. The van der Waals surface area contributed by atoms with Crippen molar-refractivity contribution in [3.05, 3.63) is 96.2 Å². The van der Waals surface area contributed by atoms with Crippen molar-refractivity contribution in [2.75, 3.05) is 6.54 Å². The normalized spacial score (nSPS) is 14.2. The van der Waals surface area contributed by atoms with Crippen LogP contribution in [0.15, 0.2) is 94.5 Å². The van der Waals surface area contributed by atoms with Crippen molar-refractivity contribution in [2.24, 2.45) is 0 Å². The maximum absolute atomic E-state index is 13.4. The highest BCUT2D eigenvalue weighted by atomic mass is 32.2. The first kappa shape index (κ1) is 20.7. The van der Waals surface area contributed by atoms with Gasteiger partial charge < -0.3 is 4.52 Å². The largest absolute Gasteiger partial charge is 0.334 e. The summed E-state index contributed by atoms with van der Waals surface area (Å²) in [5.74, 6) is 0.596. The molecule has 5 aromatic rings. The van der Waals surface area contributed by atoms with Crippen LogP contribution in [0.5, 0.6) is 0 Å². The van der Waals surface area contributed by atoms with Gasteiger partial charge in [0.05, 0.1) is 4.90 Å². The smallest absolute Gasteiger partial charge is 0.258 e. The highest BCUT2D eigenvalue weighted by molar-refractivity contribution is 7.89. The Bertz CT molecular complexity index is 1620. The quantitative estimate of drug-likeness (QED) is 0.380. The average molecular weight is 469 g/mol. The van der Waals surface area contributed by atoms with Gasteiger partial charge in [0.1, 0.15) is 5.69 Å². The van der Waals surface area contributed by atoms with Gasteiger partial charge in [-0.15, -0.1) is 0 Å². The summed E-state index contributed by atoms with van der Waals surface area (Å²) in [5, 5.41) is 6.05. The Balaban J connectivity index is 1.33. The van der Waals surface area contributed by atoms with Gasteiger partial charge in [0, 0.05) is 30.2 Å². The molecule has 7 nitrogen and oxygen atoms in total. The fourth-order valence-electron chi connectivity index (χ4n) is 4.35. The molecule has 0 saturated carbocycles. The molecule has 0 amide bonds. The van der Waals surface area contributed by atoms with Gasteiger partial charge in [0.25, 0.3) is 5.89 Å². The van der Waals surface area contributed by atoms with Crippen LogP contribution < -0.4 is 0 Å². The third-order valence-corrected chi connectivity index (χ3v) is 7.97. The van der Waals surface area contributed by atoms with Crippen LogP contribution in [-0.2, 0) is 23.0 Å². The molecule has 0 N–H and O–H groups in total. The zero-order chi connectivity index (χ0) is 23.1. The Hall–Kier alpha value is -3.88. The van der Waals surface area contributed by atoms with Gasteiger partial charge >= 0.3 is 0 Å². The highest BCUT2D eigenvalue weighted by Crippen LogP contribution is 2.29. The highest BCUT2D eigenvalue weighted by Gasteiger charge is 2.28. The predicted molar refractivity (Wildman–Crippen MR) is 128 cm³/mol. The van der Waals surface area contributed by atoms with Crippen LogP contribution in [0.25, 0.3) is 33.7 Å². The third kappa shape index (κ3) is 3.57. The standard InChI is InChI=1S/C26H20N4O3S/c31-34(32,30-15-13-18-6-1-2-8-21(18)17-30)22-10-5-9-20(16-22)26-28-25(29-33-26)24-23-11-4-3-7-19(23)12-14-27-24/h1-12,14,16H,13,15,17H2. The van der Waals surface area contributed by atoms with Crippen LogP contribution >= 0.6 is 0 Å². The number of hydrogen-bond donors (Lipinski definition) is 0. The fourth-order valence-corrected chi connectivity index (χ4v) is 5.81. The zero-order valence-electron chi connectivity index (χ0n) is 18.1. The van der Waals surface area contributed by atoms with E-state index in [9.17, 15) is 8.42 Å². The lowest BCUT2D eigenvalue weighted by Gasteiger charge is -2.28. The van der Waals surface area contributed by atoms with Crippen molar-refractivity contribution in [1.29, 1.82) is 0 Å². The summed E-state index contributed by atoms with van der Waals surface area (Å²) in [6.07, 6.45) is 2.40. The molecule has 34 heavy (non-hydrogen) atoms. The van der Waals surface area contributed by atoms with Crippen molar-refractivity contribution in [2.45, 2.75) is 17.9 Å². The summed E-state index contributed by atoms with van der Waals surface area (Å²) < 4.78 is 33.8. The first-order chi connectivity index (χ1) is 16.6. The molecular weight excluding hydrogens is 448 g/mol. The van der Waals surface area contributed by atoms with E-state index in [0.29, 0.717) is 36.6 Å². The second-order valence-corrected chi connectivity index (χ2v) is 10.1. The molecule has 168 valence electrons. The number of fused-ring (bicyclic) bond motifs is 2. The molecule has 0 bridgehead atoms. The maximum Gasteiger partial charge on any atom is 0.258 e. The van der Waals surface area contributed by atoms with E-state index in [1.807, 2.05) is 48.5 Å². The van der Waals surface area contributed by atoms with Gasteiger partial charge in [-0.25, -0.2) is 8.42 Å². The van der Waals surface area contributed by atoms with Gasteiger partial charge in [-0.2, -0.15) is 9.29 Å². The third-order valence-electron chi connectivity index (χ3n) is 6.13. The number of sulfonamides is 1. The average Bonchev–Trinajstić information content (AvgIpc) is 3.38. The number of benzene rings is 3. The molecule has 0 spiro atoms. The molecule has 1 aliphatic rings. The van der Waals surface area contributed by atoms with Gasteiger partial charge in [-0.05, 0) is 47.2 Å². The van der Waals surface area contributed by atoms with Crippen molar-refractivity contribution in [3.63, 3.8) is 0 Å². The Morgan fingerprint density at radius 2 is 1.71 bits per heavy atom. The van der Waals surface area contributed by atoms with E-state index in [1.54, 1.807) is 30.5 Å². The van der Waals surface area contributed by atoms with Crippen molar-refractivity contribution >= 4 is 20.8 Å². The van der Waals surface area contributed by atoms with Crippen LogP contribution in [0, 0.1) is 0 Å². The summed E-state index contributed by atoms with van der Waals surface area (Å²) in [6, 6.07) is 24.4. The van der Waals surface area contributed by atoms with Crippen LogP contribution in [-0.4, -0.2) is 34.4 Å². The van der Waals surface area contributed by atoms with Gasteiger partial charge in [-0.1, -0.05) is 59.8 Å².